The summed E-state index contributed by atoms with van der Waals surface area (Å²) in [4.78, 5) is 24.5. The first-order valence-electron chi connectivity index (χ1n) is 8.76. The van der Waals surface area contributed by atoms with Crippen LogP contribution in [-0.4, -0.2) is 24.0 Å². The molecular formula is C20H25ClN4O2. The minimum atomic E-state index is -0.358. The molecule has 1 aliphatic carbocycles. The number of carbonyl (C=O) groups excluding carboxylic acids is 2. The number of rotatable bonds is 6. The monoisotopic (exact) mass is 388 g/mol. The molecule has 3 amide bonds. The number of urea groups is 1. The van der Waals surface area contributed by atoms with Crippen LogP contribution in [0.5, 0.6) is 0 Å². The molecular weight excluding hydrogens is 364 g/mol. The maximum atomic E-state index is 12.5. The van der Waals surface area contributed by atoms with E-state index in [1.807, 2.05) is 25.1 Å². The van der Waals surface area contributed by atoms with E-state index < -0.39 is 0 Å². The fourth-order valence-electron chi connectivity index (χ4n) is 2.89. The highest BCUT2D eigenvalue weighted by molar-refractivity contribution is 6.00. The summed E-state index contributed by atoms with van der Waals surface area (Å²) in [6.45, 7) is 2.41. The second-order valence-electron chi connectivity index (χ2n) is 6.87. The molecule has 5 N–H and O–H groups in total. The number of para-hydroxylation sites is 1. The topological polar surface area (TPSA) is 96.2 Å². The van der Waals surface area contributed by atoms with Crippen LogP contribution in [0.3, 0.4) is 0 Å². The molecule has 1 fully saturated rings. The molecule has 0 aromatic heterocycles. The number of hydrogen-bond acceptors (Lipinski definition) is 3. The van der Waals surface area contributed by atoms with E-state index in [1.165, 1.54) is 0 Å². The van der Waals surface area contributed by atoms with Gasteiger partial charge in [-0.25, -0.2) is 4.79 Å². The molecule has 0 heterocycles. The zero-order valence-corrected chi connectivity index (χ0v) is 16.0. The molecule has 0 saturated heterocycles. The van der Waals surface area contributed by atoms with E-state index in [4.69, 9.17) is 5.73 Å². The van der Waals surface area contributed by atoms with Crippen molar-refractivity contribution in [2.24, 2.45) is 11.7 Å². The third kappa shape index (κ3) is 5.45. The van der Waals surface area contributed by atoms with E-state index in [9.17, 15) is 9.59 Å². The quantitative estimate of drug-likeness (QED) is 0.608. The number of benzene rings is 2. The summed E-state index contributed by atoms with van der Waals surface area (Å²) in [5.74, 6) is 0.309. The highest BCUT2D eigenvalue weighted by atomic mass is 35.5. The lowest BCUT2D eigenvalue weighted by Gasteiger charge is -2.29. The van der Waals surface area contributed by atoms with Gasteiger partial charge in [-0.1, -0.05) is 18.2 Å². The smallest absolute Gasteiger partial charge is 0.323 e. The van der Waals surface area contributed by atoms with Crippen molar-refractivity contribution in [1.82, 2.24) is 5.32 Å². The molecule has 1 aliphatic rings. The molecule has 0 aliphatic heterocycles. The van der Waals surface area contributed by atoms with Crippen molar-refractivity contribution >= 4 is 35.7 Å². The van der Waals surface area contributed by atoms with E-state index in [0.29, 0.717) is 29.4 Å². The lowest BCUT2D eigenvalue weighted by molar-refractivity contribution is 0.0898. The number of nitrogens with two attached hydrogens (primary N) is 1. The van der Waals surface area contributed by atoms with Crippen molar-refractivity contribution in [1.29, 1.82) is 0 Å². The highest BCUT2D eigenvalue weighted by Crippen LogP contribution is 2.39. The number of halogens is 1. The Hall–Kier alpha value is -2.57. The zero-order valence-electron chi connectivity index (χ0n) is 15.2. The third-order valence-corrected chi connectivity index (χ3v) is 4.74. The van der Waals surface area contributed by atoms with Gasteiger partial charge in [0.2, 0.25) is 0 Å². The highest BCUT2D eigenvalue weighted by Gasteiger charge is 2.41. The fraction of sp³-hybridized carbons (Fsp3) is 0.300. The number of hydrogen-bond donors (Lipinski definition) is 4. The zero-order chi connectivity index (χ0) is 18.6. The molecule has 0 radical (unpaired) electrons. The van der Waals surface area contributed by atoms with Gasteiger partial charge in [0.25, 0.3) is 5.91 Å². The van der Waals surface area contributed by atoms with E-state index >= 15 is 0 Å². The lowest BCUT2D eigenvalue weighted by atomic mass is 9.95. The van der Waals surface area contributed by atoms with Crippen LogP contribution in [0.1, 0.15) is 30.1 Å². The van der Waals surface area contributed by atoms with Gasteiger partial charge in [0, 0.05) is 23.5 Å². The molecule has 1 atom stereocenters. The van der Waals surface area contributed by atoms with E-state index in [-0.39, 0.29) is 29.9 Å². The van der Waals surface area contributed by atoms with Crippen LogP contribution in [0.2, 0.25) is 0 Å². The minimum Gasteiger partial charge on any atom is -0.345 e. The van der Waals surface area contributed by atoms with Crippen LogP contribution in [0, 0.1) is 5.92 Å². The van der Waals surface area contributed by atoms with Crippen molar-refractivity contribution in [3.8, 4) is 0 Å². The third-order valence-electron chi connectivity index (χ3n) is 4.74. The van der Waals surface area contributed by atoms with Crippen LogP contribution >= 0.6 is 12.4 Å². The summed E-state index contributed by atoms with van der Waals surface area (Å²) < 4.78 is 0. The maximum Gasteiger partial charge on any atom is 0.323 e. The van der Waals surface area contributed by atoms with Crippen molar-refractivity contribution in [2.75, 3.05) is 17.2 Å². The molecule has 1 saturated carbocycles. The van der Waals surface area contributed by atoms with Gasteiger partial charge in [0.15, 0.2) is 0 Å². The molecule has 0 spiro atoms. The van der Waals surface area contributed by atoms with Gasteiger partial charge in [-0.2, -0.15) is 0 Å². The van der Waals surface area contributed by atoms with Crippen LogP contribution < -0.4 is 21.7 Å². The van der Waals surface area contributed by atoms with Crippen molar-refractivity contribution in [2.45, 2.75) is 25.3 Å². The van der Waals surface area contributed by atoms with Gasteiger partial charge in [0.05, 0.1) is 5.54 Å². The molecule has 144 valence electrons. The molecule has 2 aromatic rings. The number of amides is 3. The number of carbonyl (C=O) groups is 2. The Balaban J connectivity index is 0.00000261. The van der Waals surface area contributed by atoms with E-state index in [1.54, 1.807) is 36.4 Å². The molecule has 0 bridgehead atoms. The average molecular weight is 389 g/mol. The summed E-state index contributed by atoms with van der Waals surface area (Å²) in [5.41, 5.74) is 7.35. The van der Waals surface area contributed by atoms with Gasteiger partial charge in [0.1, 0.15) is 0 Å². The Morgan fingerprint density at radius 2 is 1.56 bits per heavy atom. The fourth-order valence-corrected chi connectivity index (χ4v) is 2.89. The van der Waals surface area contributed by atoms with Crippen molar-refractivity contribution in [3.63, 3.8) is 0 Å². The van der Waals surface area contributed by atoms with Crippen LogP contribution in [-0.2, 0) is 0 Å². The van der Waals surface area contributed by atoms with Gasteiger partial charge in [-0.3, -0.25) is 4.79 Å². The summed E-state index contributed by atoms with van der Waals surface area (Å²) in [6.07, 6.45) is 2.21. The Labute approximate surface area is 165 Å². The normalized spacial score (nSPS) is 15.0. The van der Waals surface area contributed by atoms with Gasteiger partial charge < -0.3 is 21.7 Å². The minimum absolute atomic E-state index is 0. The molecule has 6 nitrogen and oxygen atoms in total. The molecule has 27 heavy (non-hydrogen) atoms. The van der Waals surface area contributed by atoms with E-state index in [0.717, 1.165) is 12.8 Å². The van der Waals surface area contributed by atoms with Crippen LogP contribution in [0.4, 0.5) is 16.2 Å². The second-order valence-corrected chi connectivity index (χ2v) is 6.87. The standard InChI is InChI=1S/C20H24N4O2.ClH/c1-20(13-21,15-9-10-15)24-18(25)14-7-11-17(12-8-14)23-19(26)22-16-5-3-2-4-6-16;/h2-8,11-12,15H,9-10,13,21H2,1H3,(H,24,25)(H2,22,23,26);1H. The van der Waals surface area contributed by atoms with Gasteiger partial charge >= 0.3 is 6.03 Å². The van der Waals surface area contributed by atoms with E-state index in [2.05, 4.69) is 16.0 Å². The summed E-state index contributed by atoms with van der Waals surface area (Å²) in [5, 5.41) is 8.54. The Kier molecular flexibility index (Phi) is 6.82. The predicted molar refractivity (Wildman–Crippen MR) is 110 cm³/mol. The summed E-state index contributed by atoms with van der Waals surface area (Å²) in [7, 11) is 0. The lowest BCUT2D eigenvalue weighted by Crippen LogP contribution is -2.53. The number of anilines is 2. The average Bonchev–Trinajstić information content (AvgIpc) is 3.48. The first-order valence-corrected chi connectivity index (χ1v) is 8.76. The summed E-state index contributed by atoms with van der Waals surface area (Å²) >= 11 is 0. The maximum absolute atomic E-state index is 12.5. The second kappa shape index (κ2) is 8.88. The molecule has 2 aromatic carbocycles. The first kappa shape index (κ1) is 20.7. The largest absolute Gasteiger partial charge is 0.345 e. The predicted octanol–water partition coefficient (Wildman–Crippen LogP) is 3.61. The Morgan fingerprint density at radius 1 is 1.00 bits per heavy atom. The van der Waals surface area contributed by atoms with Crippen molar-refractivity contribution < 1.29 is 9.59 Å². The Bertz CT molecular complexity index is 778. The summed E-state index contributed by atoms with van der Waals surface area (Å²) in [6, 6.07) is 15.6. The first-order chi connectivity index (χ1) is 12.5. The van der Waals surface area contributed by atoms with Crippen LogP contribution in [0.15, 0.2) is 54.6 Å². The SMILES string of the molecule is CC(CN)(NC(=O)c1ccc(NC(=O)Nc2ccccc2)cc1)C1CC1.Cl. The van der Waals surface area contributed by atoms with Gasteiger partial charge in [-0.15, -0.1) is 12.4 Å². The van der Waals surface area contributed by atoms with Crippen molar-refractivity contribution in [3.05, 3.63) is 60.2 Å². The van der Waals surface area contributed by atoms with Crippen LogP contribution in [0.25, 0.3) is 0 Å². The molecule has 1 unspecified atom stereocenters. The molecule has 3 rings (SSSR count). The number of nitrogens with one attached hydrogen (secondary N) is 3. The molecule has 7 heteroatoms. The Morgan fingerprint density at radius 3 is 2.07 bits per heavy atom. The van der Waals surface area contributed by atoms with Gasteiger partial charge in [-0.05, 0) is 62.1 Å².